The van der Waals surface area contributed by atoms with Gasteiger partial charge in [0.15, 0.2) is 0 Å². The van der Waals surface area contributed by atoms with E-state index in [1.807, 2.05) is 12.4 Å². The van der Waals surface area contributed by atoms with Gasteiger partial charge in [0.05, 0.1) is 6.10 Å². The number of pyridine rings is 1. The van der Waals surface area contributed by atoms with Crippen molar-refractivity contribution in [2.45, 2.75) is 49.0 Å². The lowest BCUT2D eigenvalue weighted by Gasteiger charge is -2.47. The second-order valence-electron chi connectivity index (χ2n) is 8.82. The number of carbonyl (C=O) groups is 2. The predicted octanol–water partition coefficient (Wildman–Crippen LogP) is 3.85. The number of hydrogen-bond donors (Lipinski definition) is 2. The molecule has 0 radical (unpaired) electrons. The predicted molar refractivity (Wildman–Crippen MR) is 120 cm³/mol. The smallest absolute Gasteiger partial charge is 0.475 e. The van der Waals surface area contributed by atoms with Gasteiger partial charge in [-0.05, 0) is 42.9 Å². The second-order valence-corrected chi connectivity index (χ2v) is 10.3. The summed E-state index contributed by atoms with van der Waals surface area (Å²) in [5.74, 6) is -3.62. The summed E-state index contributed by atoms with van der Waals surface area (Å²) in [6.45, 7) is 6.24. The molecule has 3 aliphatic heterocycles. The molecule has 3 aliphatic rings. The number of ether oxygens (including phenoxy) is 2. The summed E-state index contributed by atoms with van der Waals surface area (Å²) >= 11 is 2.14. The standard InChI is InChI=1S/C18H26N2O2S.2C2HF3O2/c1-5-19-6-2-15(1)10-20-13-18(14-20)9-17(12-23-18)22-11-16-3-7-21-8-4-16;2*3-2(4,5)1(6)7/h1-2,5-6,16-17H,3-4,7-14H2;2*(H,6,7). The molecule has 0 aromatic carbocycles. The molecule has 1 unspecified atom stereocenters. The minimum Gasteiger partial charge on any atom is -0.475 e. The molecule has 0 saturated carbocycles. The Kier molecular flexibility index (Phi) is 11.5. The van der Waals surface area contributed by atoms with Crippen LogP contribution >= 0.6 is 11.8 Å². The van der Waals surface area contributed by atoms with Crippen LogP contribution in [0.1, 0.15) is 24.8 Å². The summed E-state index contributed by atoms with van der Waals surface area (Å²) in [4.78, 5) is 24.4. The highest BCUT2D eigenvalue weighted by molar-refractivity contribution is 8.01. The molecule has 8 nitrogen and oxygen atoms in total. The Labute approximate surface area is 213 Å². The maximum atomic E-state index is 10.6. The number of aliphatic carboxylic acids is 2. The number of halogens is 6. The highest BCUT2D eigenvalue weighted by Gasteiger charge is 2.49. The number of likely N-dealkylation sites (tertiary alicyclic amines) is 1. The first kappa shape index (κ1) is 31.1. The van der Waals surface area contributed by atoms with Crippen molar-refractivity contribution in [2.24, 2.45) is 5.92 Å². The zero-order valence-corrected chi connectivity index (χ0v) is 20.4. The van der Waals surface area contributed by atoms with Gasteiger partial charge in [0.25, 0.3) is 0 Å². The van der Waals surface area contributed by atoms with E-state index in [2.05, 4.69) is 33.8 Å². The number of rotatable bonds is 5. The topological polar surface area (TPSA) is 109 Å². The minimum absolute atomic E-state index is 0.464. The van der Waals surface area contributed by atoms with Gasteiger partial charge in [-0.25, -0.2) is 9.59 Å². The Bertz CT molecular complexity index is 837. The van der Waals surface area contributed by atoms with E-state index < -0.39 is 24.3 Å². The van der Waals surface area contributed by atoms with E-state index in [4.69, 9.17) is 29.3 Å². The van der Waals surface area contributed by atoms with E-state index >= 15 is 0 Å². The SMILES string of the molecule is O=C(O)C(F)(F)F.O=C(O)C(F)(F)F.c1cc(CN2CC3(CC(OCC4CCOCC4)CS3)C2)ccn1. The van der Waals surface area contributed by atoms with Gasteiger partial charge in [-0.1, -0.05) is 0 Å². The lowest BCUT2D eigenvalue weighted by atomic mass is 9.92. The van der Waals surface area contributed by atoms with Crippen LogP contribution in [0.25, 0.3) is 0 Å². The van der Waals surface area contributed by atoms with Crippen molar-refractivity contribution in [2.75, 3.05) is 38.7 Å². The molecule has 0 aliphatic carbocycles. The zero-order valence-electron chi connectivity index (χ0n) is 19.6. The lowest BCUT2D eigenvalue weighted by Crippen LogP contribution is -2.58. The maximum Gasteiger partial charge on any atom is 0.490 e. The molecular weight excluding hydrogens is 534 g/mol. The van der Waals surface area contributed by atoms with Crippen molar-refractivity contribution < 1.29 is 55.6 Å². The number of carboxylic acid groups (broad SMARTS) is 2. The first-order valence-corrected chi connectivity index (χ1v) is 12.2. The number of nitrogens with zero attached hydrogens (tertiary/aromatic N) is 2. The first-order valence-electron chi connectivity index (χ1n) is 11.2. The molecule has 15 heteroatoms. The molecule has 1 aromatic heterocycles. The summed E-state index contributed by atoms with van der Waals surface area (Å²) < 4.78 is 75.6. The number of hydrogen-bond acceptors (Lipinski definition) is 7. The van der Waals surface area contributed by atoms with Gasteiger partial charge in [-0.3, -0.25) is 9.88 Å². The molecule has 4 rings (SSSR count). The molecule has 1 atom stereocenters. The summed E-state index contributed by atoms with van der Waals surface area (Å²) in [7, 11) is 0. The number of alkyl halides is 6. The van der Waals surface area contributed by atoms with Crippen molar-refractivity contribution in [1.82, 2.24) is 9.88 Å². The highest BCUT2D eigenvalue weighted by Crippen LogP contribution is 2.46. The van der Waals surface area contributed by atoms with Crippen LogP contribution in [0.4, 0.5) is 26.3 Å². The number of aromatic nitrogens is 1. The van der Waals surface area contributed by atoms with Crippen LogP contribution in [0, 0.1) is 5.92 Å². The Hall–Kier alpha value is -2.10. The maximum absolute atomic E-state index is 10.6. The summed E-state index contributed by atoms with van der Waals surface area (Å²) in [6.07, 6.45) is -2.36. The monoisotopic (exact) mass is 562 g/mol. The third-order valence-electron chi connectivity index (χ3n) is 5.75. The zero-order chi connectivity index (χ0) is 27.7. The fourth-order valence-electron chi connectivity index (χ4n) is 3.94. The summed E-state index contributed by atoms with van der Waals surface area (Å²) in [6, 6.07) is 4.24. The van der Waals surface area contributed by atoms with E-state index in [1.165, 1.54) is 43.7 Å². The molecule has 37 heavy (non-hydrogen) atoms. The molecule has 1 aromatic rings. The van der Waals surface area contributed by atoms with E-state index in [9.17, 15) is 26.3 Å². The Morgan fingerprint density at radius 2 is 1.57 bits per heavy atom. The van der Waals surface area contributed by atoms with Gasteiger partial charge in [0.1, 0.15) is 0 Å². The fourth-order valence-corrected chi connectivity index (χ4v) is 5.55. The molecule has 3 fully saturated rings. The van der Waals surface area contributed by atoms with Gasteiger partial charge >= 0.3 is 24.3 Å². The molecule has 210 valence electrons. The van der Waals surface area contributed by atoms with Crippen LogP contribution in [-0.4, -0.2) is 93.9 Å². The fraction of sp³-hybridized carbons (Fsp3) is 0.682. The van der Waals surface area contributed by atoms with Crippen molar-refractivity contribution in [3.05, 3.63) is 30.1 Å². The Morgan fingerprint density at radius 3 is 2.05 bits per heavy atom. The minimum atomic E-state index is -5.08. The van der Waals surface area contributed by atoms with Gasteiger partial charge in [-0.2, -0.15) is 26.3 Å². The van der Waals surface area contributed by atoms with Gasteiger partial charge in [0, 0.05) is 62.3 Å². The third-order valence-corrected chi connectivity index (χ3v) is 7.32. The van der Waals surface area contributed by atoms with Crippen LogP contribution in [0.15, 0.2) is 24.5 Å². The van der Waals surface area contributed by atoms with E-state index in [-0.39, 0.29) is 0 Å². The van der Waals surface area contributed by atoms with Crippen LogP contribution in [0.3, 0.4) is 0 Å². The van der Waals surface area contributed by atoms with Crippen LogP contribution in [-0.2, 0) is 25.6 Å². The largest absolute Gasteiger partial charge is 0.490 e. The summed E-state index contributed by atoms with van der Waals surface area (Å²) in [5.41, 5.74) is 1.37. The van der Waals surface area contributed by atoms with Gasteiger partial charge in [-0.15, -0.1) is 11.8 Å². The molecule has 2 N–H and O–H groups in total. The lowest BCUT2D eigenvalue weighted by molar-refractivity contribution is -0.193. The van der Waals surface area contributed by atoms with Crippen LogP contribution < -0.4 is 0 Å². The molecule has 0 amide bonds. The van der Waals surface area contributed by atoms with Gasteiger partial charge < -0.3 is 19.7 Å². The normalized spacial score (nSPS) is 21.7. The van der Waals surface area contributed by atoms with E-state index in [1.54, 1.807) is 0 Å². The number of thioether (sulfide) groups is 1. The van der Waals surface area contributed by atoms with E-state index in [0.717, 1.165) is 32.3 Å². The van der Waals surface area contributed by atoms with Crippen LogP contribution in [0.5, 0.6) is 0 Å². The average molecular weight is 563 g/mol. The highest BCUT2D eigenvalue weighted by atomic mass is 32.2. The van der Waals surface area contributed by atoms with Crippen molar-refractivity contribution in [3.63, 3.8) is 0 Å². The first-order chi connectivity index (χ1) is 17.2. The van der Waals surface area contributed by atoms with Gasteiger partial charge in [0.2, 0.25) is 0 Å². The molecule has 0 bridgehead atoms. The van der Waals surface area contributed by atoms with Crippen LogP contribution in [0.2, 0.25) is 0 Å². The molecule has 1 spiro atoms. The molecule has 3 saturated heterocycles. The van der Waals surface area contributed by atoms with Crippen molar-refractivity contribution in [1.29, 1.82) is 0 Å². The molecular formula is C22H28F6N2O6S. The second kappa shape index (κ2) is 13.6. The molecule has 4 heterocycles. The average Bonchev–Trinajstić information content (AvgIpc) is 3.23. The van der Waals surface area contributed by atoms with Crippen molar-refractivity contribution in [3.8, 4) is 0 Å². The quantitative estimate of drug-likeness (QED) is 0.518. The Morgan fingerprint density at radius 1 is 1.05 bits per heavy atom. The van der Waals surface area contributed by atoms with E-state index in [0.29, 0.717) is 10.9 Å². The third kappa shape index (κ3) is 11.0. The Balaban J connectivity index is 0.000000286. The number of carboxylic acids is 2. The summed E-state index contributed by atoms with van der Waals surface area (Å²) in [5, 5.41) is 14.2. The van der Waals surface area contributed by atoms with Crippen molar-refractivity contribution >= 4 is 23.7 Å².